The lowest BCUT2D eigenvalue weighted by molar-refractivity contribution is 0.122. The van der Waals surface area contributed by atoms with Gasteiger partial charge in [-0.1, -0.05) is 0 Å². The number of ether oxygens (including phenoxy) is 1. The van der Waals surface area contributed by atoms with Crippen molar-refractivity contribution >= 4 is 11.8 Å². The van der Waals surface area contributed by atoms with Gasteiger partial charge in [0.1, 0.15) is 0 Å². The van der Waals surface area contributed by atoms with Gasteiger partial charge < -0.3 is 10.1 Å². The molecule has 14 heavy (non-hydrogen) atoms. The van der Waals surface area contributed by atoms with Crippen molar-refractivity contribution in [2.24, 2.45) is 5.92 Å². The molecule has 1 aliphatic rings. The summed E-state index contributed by atoms with van der Waals surface area (Å²) < 4.78 is 5.54. The van der Waals surface area contributed by atoms with Crippen molar-refractivity contribution in [1.29, 1.82) is 0 Å². The molecule has 84 valence electrons. The van der Waals surface area contributed by atoms with Crippen LogP contribution in [0.4, 0.5) is 0 Å². The lowest BCUT2D eigenvalue weighted by Gasteiger charge is -2.04. The average Bonchev–Trinajstić information content (AvgIpc) is 2.99. The van der Waals surface area contributed by atoms with E-state index in [1.807, 2.05) is 11.8 Å². The normalized spacial score (nSPS) is 16.1. The van der Waals surface area contributed by atoms with Crippen LogP contribution in [0, 0.1) is 5.92 Å². The highest BCUT2D eigenvalue weighted by Gasteiger charge is 2.20. The molecule has 0 atom stereocenters. The molecule has 3 heteroatoms. The summed E-state index contributed by atoms with van der Waals surface area (Å²) in [6, 6.07) is 0. The van der Waals surface area contributed by atoms with Crippen molar-refractivity contribution in [3.8, 4) is 0 Å². The number of hydrogen-bond acceptors (Lipinski definition) is 3. The van der Waals surface area contributed by atoms with Gasteiger partial charge in [-0.3, -0.25) is 0 Å². The lowest BCUT2D eigenvalue weighted by atomic mass is 10.4. The van der Waals surface area contributed by atoms with Crippen LogP contribution >= 0.6 is 11.8 Å². The average molecular weight is 217 g/mol. The Morgan fingerprint density at radius 2 is 2.07 bits per heavy atom. The molecule has 0 amide bonds. The van der Waals surface area contributed by atoms with Crippen LogP contribution in [0.1, 0.15) is 25.7 Å². The predicted octanol–water partition coefficient (Wildman–Crippen LogP) is 2.15. The molecule has 0 spiro atoms. The fourth-order valence-corrected chi connectivity index (χ4v) is 1.73. The maximum absolute atomic E-state index is 5.54. The summed E-state index contributed by atoms with van der Waals surface area (Å²) in [5.41, 5.74) is 0. The van der Waals surface area contributed by atoms with Crippen LogP contribution in [-0.4, -0.2) is 38.3 Å². The molecular formula is C11H23NOS. The largest absolute Gasteiger partial charge is 0.381 e. The van der Waals surface area contributed by atoms with Gasteiger partial charge in [0, 0.05) is 13.2 Å². The quantitative estimate of drug-likeness (QED) is 0.567. The van der Waals surface area contributed by atoms with Gasteiger partial charge in [-0.15, -0.1) is 0 Å². The first-order valence-corrected chi connectivity index (χ1v) is 7.10. The van der Waals surface area contributed by atoms with Crippen LogP contribution in [-0.2, 0) is 4.74 Å². The predicted molar refractivity (Wildman–Crippen MR) is 64.0 cm³/mol. The van der Waals surface area contributed by atoms with E-state index in [-0.39, 0.29) is 0 Å². The van der Waals surface area contributed by atoms with Crippen molar-refractivity contribution in [1.82, 2.24) is 5.32 Å². The zero-order valence-electron chi connectivity index (χ0n) is 9.26. The van der Waals surface area contributed by atoms with Crippen molar-refractivity contribution in [3.05, 3.63) is 0 Å². The second kappa shape index (κ2) is 8.57. The van der Waals surface area contributed by atoms with Gasteiger partial charge in [0.05, 0.1) is 0 Å². The van der Waals surface area contributed by atoms with E-state index in [0.29, 0.717) is 0 Å². The maximum Gasteiger partial charge on any atom is 0.0494 e. The van der Waals surface area contributed by atoms with Gasteiger partial charge in [0.25, 0.3) is 0 Å². The Balaban J connectivity index is 1.63. The minimum Gasteiger partial charge on any atom is -0.381 e. The first-order chi connectivity index (χ1) is 6.93. The molecule has 0 bridgehead atoms. The van der Waals surface area contributed by atoms with Crippen LogP contribution in [0.2, 0.25) is 0 Å². The van der Waals surface area contributed by atoms with Crippen LogP contribution in [0.5, 0.6) is 0 Å². The third-order valence-electron chi connectivity index (χ3n) is 2.39. The molecule has 2 nitrogen and oxygen atoms in total. The number of thioether (sulfide) groups is 1. The Morgan fingerprint density at radius 1 is 1.29 bits per heavy atom. The topological polar surface area (TPSA) is 21.3 Å². The number of rotatable bonds is 10. The Hall–Kier alpha value is 0.270. The first kappa shape index (κ1) is 12.3. The van der Waals surface area contributed by atoms with Crippen molar-refractivity contribution in [2.75, 3.05) is 38.3 Å². The molecule has 0 heterocycles. The molecule has 0 aromatic carbocycles. The summed E-state index contributed by atoms with van der Waals surface area (Å²) in [6.45, 7) is 4.21. The van der Waals surface area contributed by atoms with E-state index in [9.17, 15) is 0 Å². The van der Waals surface area contributed by atoms with E-state index >= 15 is 0 Å². The molecule has 0 saturated heterocycles. The molecule has 1 N–H and O–H groups in total. The highest BCUT2D eigenvalue weighted by Crippen LogP contribution is 2.28. The summed E-state index contributed by atoms with van der Waals surface area (Å²) in [6.07, 6.45) is 7.39. The molecule has 1 saturated carbocycles. The molecule has 0 aromatic heterocycles. The molecule has 0 radical (unpaired) electrons. The van der Waals surface area contributed by atoms with Gasteiger partial charge in [0.15, 0.2) is 0 Å². The zero-order valence-corrected chi connectivity index (χ0v) is 10.1. The first-order valence-electron chi connectivity index (χ1n) is 5.71. The van der Waals surface area contributed by atoms with E-state index in [2.05, 4.69) is 11.6 Å². The smallest absolute Gasteiger partial charge is 0.0494 e. The minimum absolute atomic E-state index is 0.907. The van der Waals surface area contributed by atoms with Gasteiger partial charge in [0.2, 0.25) is 0 Å². The van der Waals surface area contributed by atoms with Gasteiger partial charge in [-0.25, -0.2) is 0 Å². The summed E-state index contributed by atoms with van der Waals surface area (Å²) in [7, 11) is 0. The van der Waals surface area contributed by atoms with Crippen LogP contribution in [0.3, 0.4) is 0 Å². The standard InChI is InChI=1S/C11H23NOS/c1-14-9-3-7-12-6-2-8-13-10-11-4-5-11/h11-12H,2-10H2,1H3. The van der Waals surface area contributed by atoms with Crippen molar-refractivity contribution in [3.63, 3.8) is 0 Å². The van der Waals surface area contributed by atoms with E-state index in [1.54, 1.807) is 0 Å². The molecule has 1 aliphatic carbocycles. The van der Waals surface area contributed by atoms with Crippen molar-refractivity contribution < 1.29 is 4.74 Å². The molecule has 0 aromatic rings. The Bertz CT molecular complexity index is 128. The van der Waals surface area contributed by atoms with Crippen LogP contribution < -0.4 is 5.32 Å². The molecule has 1 rings (SSSR count). The fourth-order valence-electron chi connectivity index (χ4n) is 1.30. The number of nitrogens with one attached hydrogen (secondary N) is 1. The Kier molecular flexibility index (Phi) is 7.55. The zero-order chi connectivity index (χ0) is 10.1. The summed E-state index contributed by atoms with van der Waals surface area (Å²) in [5, 5.41) is 3.43. The second-order valence-electron chi connectivity index (χ2n) is 3.97. The van der Waals surface area contributed by atoms with Crippen LogP contribution in [0.15, 0.2) is 0 Å². The minimum atomic E-state index is 0.907. The lowest BCUT2D eigenvalue weighted by Crippen LogP contribution is -2.18. The molecule has 1 fully saturated rings. The molecule has 0 unspecified atom stereocenters. The third kappa shape index (κ3) is 7.65. The Morgan fingerprint density at radius 3 is 2.79 bits per heavy atom. The maximum atomic E-state index is 5.54. The van der Waals surface area contributed by atoms with E-state index in [1.165, 1.54) is 25.0 Å². The molecule has 0 aliphatic heterocycles. The highest BCUT2D eigenvalue weighted by molar-refractivity contribution is 7.98. The van der Waals surface area contributed by atoms with Crippen LogP contribution in [0.25, 0.3) is 0 Å². The number of hydrogen-bond donors (Lipinski definition) is 1. The SMILES string of the molecule is CSCCCNCCCOCC1CC1. The van der Waals surface area contributed by atoms with E-state index < -0.39 is 0 Å². The summed E-state index contributed by atoms with van der Waals surface area (Å²) in [5.74, 6) is 2.18. The summed E-state index contributed by atoms with van der Waals surface area (Å²) >= 11 is 1.92. The highest BCUT2D eigenvalue weighted by atomic mass is 32.2. The van der Waals surface area contributed by atoms with Gasteiger partial charge in [-0.2, -0.15) is 11.8 Å². The molecular weight excluding hydrogens is 194 g/mol. The second-order valence-corrected chi connectivity index (χ2v) is 4.95. The van der Waals surface area contributed by atoms with Gasteiger partial charge >= 0.3 is 0 Å². The Labute approximate surface area is 92.2 Å². The summed E-state index contributed by atoms with van der Waals surface area (Å²) in [4.78, 5) is 0. The van der Waals surface area contributed by atoms with Crippen molar-refractivity contribution in [2.45, 2.75) is 25.7 Å². The van der Waals surface area contributed by atoms with E-state index in [4.69, 9.17) is 4.74 Å². The third-order valence-corrected chi connectivity index (χ3v) is 3.09. The van der Waals surface area contributed by atoms with Gasteiger partial charge in [-0.05, 0) is 56.7 Å². The fraction of sp³-hybridized carbons (Fsp3) is 1.00. The monoisotopic (exact) mass is 217 g/mol. The van der Waals surface area contributed by atoms with E-state index in [0.717, 1.165) is 38.6 Å².